The Balaban J connectivity index is -0.000000125. The second-order valence-electron chi connectivity index (χ2n) is 0.596. The van der Waals surface area contributed by atoms with Gasteiger partial charge in [-0.1, -0.05) is 0 Å². The summed E-state index contributed by atoms with van der Waals surface area (Å²) in [7, 11) is -0.326. The first-order chi connectivity index (χ1) is 2.56. The molecule has 0 aliphatic rings. The number of rotatable bonds is 1. The fraction of sp³-hybridized carbons (Fsp3) is 0. The maximum Gasteiger partial charge on any atom is 0.454 e. The Bertz CT molecular complexity index is 80.1. The summed E-state index contributed by atoms with van der Waals surface area (Å²) < 4.78 is 12.5. The molecule has 48 valence electrons. The van der Waals surface area contributed by atoms with Crippen LogP contribution in [0.2, 0.25) is 0 Å². The van der Waals surface area contributed by atoms with Crippen molar-refractivity contribution >= 4 is 33.2 Å². The van der Waals surface area contributed by atoms with Gasteiger partial charge in [-0.3, -0.25) is 0 Å². The van der Waals surface area contributed by atoms with Crippen LogP contribution in [0.3, 0.4) is 0 Å². The quantitative estimate of drug-likeness (QED) is 0.373. The van der Waals surface area contributed by atoms with Crippen molar-refractivity contribution in [2.24, 2.45) is 0 Å². The van der Waals surface area contributed by atoms with Gasteiger partial charge in [-0.25, -0.2) is 4.57 Å². The minimum atomic E-state index is -4.37. The molecule has 0 aromatic rings. The van der Waals surface area contributed by atoms with Crippen molar-refractivity contribution < 1.29 is 35.9 Å². The van der Waals surface area contributed by atoms with E-state index in [1.165, 1.54) is 0 Å². The van der Waals surface area contributed by atoms with Gasteiger partial charge in [0.15, 0.2) is 17.4 Å². The zero-order chi connectivity index (χ0) is 5.21. The predicted octanol–water partition coefficient (Wildman–Crippen LogP) is -2.01. The van der Waals surface area contributed by atoms with E-state index in [9.17, 15) is 4.57 Å². The van der Waals surface area contributed by atoms with E-state index in [2.05, 4.69) is 12.5 Å². The number of hydrogen-bond donors (Lipinski definition) is 2. The molecule has 0 amide bonds. The molecule has 2 N–H and O–H groups in total. The minimum Gasteiger partial charge on any atom is -0.362 e. The van der Waals surface area contributed by atoms with Crippen LogP contribution in [-0.4, -0.2) is 35.2 Å². The van der Waals surface area contributed by atoms with Crippen molar-refractivity contribution in [1.82, 2.24) is 0 Å². The van der Waals surface area contributed by atoms with Crippen LogP contribution in [0.25, 0.3) is 0 Å². The summed E-state index contributed by atoms with van der Waals surface area (Å²) in [6, 6.07) is 0. The largest absolute Gasteiger partial charge is 0.454 e. The van der Waals surface area contributed by atoms with Crippen LogP contribution < -0.4 is 0 Å². The Kier molecular flexibility index (Phi) is 12.8. The van der Waals surface area contributed by atoms with Crippen LogP contribution >= 0.6 is 7.82 Å². The van der Waals surface area contributed by atoms with Crippen LogP contribution in [-0.2, 0) is 26.1 Å². The summed E-state index contributed by atoms with van der Waals surface area (Å²) in [6.45, 7) is 0. The molecule has 0 heterocycles. The molecule has 0 aliphatic heterocycles. The molecule has 0 aliphatic carbocycles. The monoisotopic (exact) mass is 194 g/mol. The van der Waals surface area contributed by atoms with E-state index in [0.29, 0.717) is 0 Å². The fourth-order valence-electron chi connectivity index (χ4n) is 0. The summed E-state index contributed by atoms with van der Waals surface area (Å²) in [5.74, 6) is 0. The molecule has 0 saturated carbocycles. The van der Waals surface area contributed by atoms with Crippen molar-refractivity contribution in [3.05, 3.63) is 0 Å². The number of phosphoric acid groups is 1. The first-order valence-electron chi connectivity index (χ1n) is 1.00. The predicted molar refractivity (Wildman–Crippen MR) is 28.8 cm³/mol. The van der Waals surface area contributed by atoms with Gasteiger partial charge >= 0.3 is 7.82 Å². The van der Waals surface area contributed by atoms with Gasteiger partial charge in [-0.15, -0.1) is 0 Å². The van der Waals surface area contributed by atoms with Gasteiger partial charge in [0.25, 0.3) is 8.05 Å². The maximum absolute atomic E-state index is 9.35. The zero-order valence-electron chi connectivity index (χ0n) is 3.09. The van der Waals surface area contributed by atoms with Gasteiger partial charge in [0.1, 0.15) is 0 Å². The molecular formula is H5AlBFeO4P. The summed E-state index contributed by atoms with van der Waals surface area (Å²) in [6.07, 6.45) is 0. The molecular weight excluding hydrogens is 189 g/mol. The van der Waals surface area contributed by atoms with Crippen molar-refractivity contribution in [3.8, 4) is 0 Å². The topological polar surface area (TPSA) is 66.8 Å². The Morgan fingerprint density at radius 1 is 1.50 bits per heavy atom. The van der Waals surface area contributed by atoms with E-state index < -0.39 is 7.82 Å². The third-order valence-corrected chi connectivity index (χ3v) is 0.412. The Morgan fingerprint density at radius 2 is 1.62 bits per heavy atom. The van der Waals surface area contributed by atoms with E-state index in [0.717, 1.165) is 0 Å². The summed E-state index contributed by atoms with van der Waals surface area (Å²) >= 11 is 0. The third-order valence-electron chi connectivity index (χ3n) is 0.137. The zero-order valence-corrected chi connectivity index (χ0v) is 5.09. The van der Waals surface area contributed by atoms with Gasteiger partial charge in [-0.05, 0) is 0 Å². The SMILES string of the molecule is [AlH3].[B]OP(=O)(O)O.[Fe]. The Labute approximate surface area is 69.3 Å². The van der Waals surface area contributed by atoms with Gasteiger partial charge in [0.2, 0.25) is 0 Å². The van der Waals surface area contributed by atoms with Crippen LogP contribution in [0.5, 0.6) is 0 Å². The van der Waals surface area contributed by atoms with Crippen LogP contribution in [0.15, 0.2) is 0 Å². The van der Waals surface area contributed by atoms with Crippen LogP contribution in [0.4, 0.5) is 0 Å². The molecule has 0 saturated heterocycles. The third kappa shape index (κ3) is 15.7. The second kappa shape index (κ2) is 6.35. The first kappa shape index (κ1) is 16.1. The molecule has 0 aromatic heterocycles. The molecule has 0 bridgehead atoms. The molecule has 0 fully saturated rings. The van der Waals surface area contributed by atoms with E-state index in [1.807, 2.05) is 0 Å². The van der Waals surface area contributed by atoms with Gasteiger partial charge in [0, 0.05) is 17.1 Å². The van der Waals surface area contributed by atoms with Crippen molar-refractivity contribution in [2.75, 3.05) is 0 Å². The van der Waals surface area contributed by atoms with Gasteiger partial charge in [0.05, 0.1) is 0 Å². The summed E-state index contributed by atoms with van der Waals surface area (Å²) in [4.78, 5) is 15.2. The van der Waals surface area contributed by atoms with Crippen molar-refractivity contribution in [3.63, 3.8) is 0 Å². The Hall–Kier alpha value is 1.23. The van der Waals surface area contributed by atoms with E-state index in [-0.39, 0.29) is 34.4 Å². The van der Waals surface area contributed by atoms with Gasteiger partial charge in [-0.2, -0.15) is 0 Å². The molecule has 2 radical (unpaired) electrons. The van der Waals surface area contributed by atoms with E-state index in [1.54, 1.807) is 0 Å². The molecule has 8 heavy (non-hydrogen) atoms. The number of hydrogen-bond acceptors (Lipinski definition) is 2. The Morgan fingerprint density at radius 3 is 1.62 bits per heavy atom. The molecule has 0 aromatic carbocycles. The first-order valence-corrected chi connectivity index (χ1v) is 2.53. The smallest absolute Gasteiger partial charge is 0.362 e. The van der Waals surface area contributed by atoms with Crippen molar-refractivity contribution in [1.29, 1.82) is 0 Å². The summed E-state index contributed by atoms with van der Waals surface area (Å²) in [5, 5.41) is 0. The van der Waals surface area contributed by atoms with Crippen LogP contribution in [0, 0.1) is 0 Å². The average molecular weight is 194 g/mol. The molecule has 4 nitrogen and oxygen atoms in total. The van der Waals surface area contributed by atoms with Gasteiger partial charge < -0.3 is 14.2 Å². The van der Waals surface area contributed by atoms with E-state index >= 15 is 0 Å². The average Bonchev–Trinajstić information content (AvgIpc) is 1.35. The molecule has 0 atom stereocenters. The second-order valence-corrected chi connectivity index (χ2v) is 1.79. The standard InChI is InChI=1S/Al.BH2O4P.Fe.3H/c;1-5-6(2,3)4;;;;/h;(H2,2,3,4);;;;. The molecule has 8 heteroatoms. The fourth-order valence-corrected chi connectivity index (χ4v) is 0. The normalized spacial score (nSPS) is 8.75. The minimum absolute atomic E-state index is 0. The van der Waals surface area contributed by atoms with Crippen molar-refractivity contribution in [2.45, 2.75) is 0 Å². The molecule has 0 rings (SSSR count). The maximum atomic E-state index is 9.35. The van der Waals surface area contributed by atoms with Crippen LogP contribution in [0.1, 0.15) is 0 Å². The van der Waals surface area contributed by atoms with E-state index in [4.69, 9.17) is 9.79 Å². The molecule has 0 unspecified atom stereocenters. The molecule has 0 spiro atoms. The summed E-state index contributed by atoms with van der Waals surface area (Å²) in [5.41, 5.74) is 0.